The second-order valence-electron chi connectivity index (χ2n) is 4.76. The van der Waals surface area contributed by atoms with Crippen molar-refractivity contribution in [2.75, 3.05) is 32.6 Å². The zero-order valence-electron chi connectivity index (χ0n) is 13.3. The summed E-state index contributed by atoms with van der Waals surface area (Å²) in [5.74, 6) is 0.328. The van der Waals surface area contributed by atoms with Crippen molar-refractivity contribution in [2.24, 2.45) is 0 Å². The van der Waals surface area contributed by atoms with Crippen molar-refractivity contribution in [2.45, 2.75) is 25.2 Å². The lowest BCUT2D eigenvalue weighted by Crippen LogP contribution is -2.29. The number of sulfonamides is 1. The topological polar surface area (TPSA) is 70.7 Å². The van der Waals surface area contributed by atoms with Crippen molar-refractivity contribution >= 4 is 33.0 Å². The van der Waals surface area contributed by atoms with E-state index in [9.17, 15) is 8.42 Å². The zero-order chi connectivity index (χ0) is 16.8. The van der Waals surface area contributed by atoms with E-state index in [0.717, 1.165) is 17.3 Å². The van der Waals surface area contributed by atoms with Crippen molar-refractivity contribution in [3.05, 3.63) is 18.2 Å². The van der Waals surface area contributed by atoms with Crippen LogP contribution >= 0.6 is 12.2 Å². The molecule has 0 aliphatic heterocycles. The highest BCUT2D eigenvalue weighted by Crippen LogP contribution is 2.29. The van der Waals surface area contributed by atoms with Crippen molar-refractivity contribution in [1.82, 2.24) is 9.62 Å². The maximum absolute atomic E-state index is 12.4. The summed E-state index contributed by atoms with van der Waals surface area (Å²) in [5.41, 5.74) is 0.595. The molecule has 0 saturated carbocycles. The molecule has 1 aromatic carbocycles. The van der Waals surface area contributed by atoms with Crippen LogP contribution in [0.25, 0.3) is 0 Å². The number of nitrogens with one attached hydrogen (secondary N) is 2. The molecule has 0 spiro atoms. The lowest BCUT2D eigenvalue weighted by molar-refractivity contribution is 0.330. The average Bonchev–Trinajstić information content (AvgIpc) is 2.46. The van der Waals surface area contributed by atoms with Gasteiger partial charge in [0.2, 0.25) is 10.0 Å². The minimum atomic E-state index is -3.60. The molecule has 0 aliphatic carbocycles. The van der Waals surface area contributed by atoms with E-state index in [0.29, 0.717) is 23.2 Å². The van der Waals surface area contributed by atoms with Gasteiger partial charge < -0.3 is 15.4 Å². The van der Waals surface area contributed by atoms with Crippen molar-refractivity contribution in [3.8, 4) is 5.75 Å². The van der Waals surface area contributed by atoms with Crippen LogP contribution in [0.4, 0.5) is 5.69 Å². The van der Waals surface area contributed by atoms with Gasteiger partial charge in [-0.1, -0.05) is 6.92 Å². The third kappa shape index (κ3) is 4.82. The Kier molecular flexibility index (Phi) is 7.05. The molecule has 0 aliphatic rings. The molecule has 22 heavy (non-hydrogen) atoms. The summed E-state index contributed by atoms with van der Waals surface area (Å²) in [4.78, 5) is 0.114. The van der Waals surface area contributed by atoms with Crippen LogP contribution in [-0.4, -0.2) is 45.1 Å². The van der Waals surface area contributed by atoms with Crippen molar-refractivity contribution < 1.29 is 13.2 Å². The van der Waals surface area contributed by atoms with Crippen LogP contribution in [-0.2, 0) is 10.0 Å². The van der Waals surface area contributed by atoms with Crippen LogP contribution in [0.2, 0.25) is 0 Å². The molecule has 2 N–H and O–H groups in total. The molecule has 1 rings (SSSR count). The highest BCUT2D eigenvalue weighted by Gasteiger charge is 2.23. The van der Waals surface area contributed by atoms with Gasteiger partial charge in [-0.2, -0.15) is 0 Å². The summed E-state index contributed by atoms with van der Waals surface area (Å²) < 4.78 is 31.4. The van der Waals surface area contributed by atoms with Gasteiger partial charge in [0.25, 0.3) is 0 Å². The lowest BCUT2D eigenvalue weighted by atomic mass is 10.3. The van der Waals surface area contributed by atoms with Gasteiger partial charge in [-0.3, -0.25) is 0 Å². The fourth-order valence-corrected chi connectivity index (χ4v) is 2.94. The number of hydrogen-bond donors (Lipinski definition) is 2. The Balaban J connectivity index is 3.12. The maximum Gasteiger partial charge on any atom is 0.246 e. The van der Waals surface area contributed by atoms with Crippen LogP contribution in [0.15, 0.2) is 23.1 Å². The second-order valence-corrected chi connectivity index (χ2v) is 7.29. The molecular weight excluding hydrogens is 322 g/mol. The molecule has 0 amide bonds. The summed E-state index contributed by atoms with van der Waals surface area (Å²) in [7, 11) is -0.631. The van der Waals surface area contributed by atoms with E-state index in [1.54, 1.807) is 12.1 Å². The quantitative estimate of drug-likeness (QED) is 0.737. The van der Waals surface area contributed by atoms with Crippen molar-refractivity contribution in [1.29, 1.82) is 0 Å². The van der Waals surface area contributed by atoms with Crippen LogP contribution in [0.1, 0.15) is 20.3 Å². The molecular formula is C14H23N3O3S2. The standard InChI is InChI=1S/C14H23N3O3S2/c1-5-9-15-14(21)16-11-7-8-12(20-6-2)13(10-11)22(18,19)17(3)4/h7-8,10H,5-6,9H2,1-4H3,(H2,15,16,21). The molecule has 0 saturated heterocycles. The van der Waals surface area contributed by atoms with Crippen molar-refractivity contribution in [3.63, 3.8) is 0 Å². The Labute approximate surface area is 137 Å². The predicted octanol–water partition coefficient (Wildman–Crippen LogP) is 2.03. The van der Waals surface area contributed by atoms with E-state index in [4.69, 9.17) is 17.0 Å². The molecule has 0 fully saturated rings. The summed E-state index contributed by atoms with van der Waals surface area (Å²) >= 11 is 5.16. The van der Waals surface area contributed by atoms with E-state index >= 15 is 0 Å². The van der Waals surface area contributed by atoms with E-state index in [1.165, 1.54) is 20.2 Å². The van der Waals surface area contributed by atoms with Crippen LogP contribution in [0.3, 0.4) is 0 Å². The average molecular weight is 345 g/mol. The minimum absolute atomic E-state index is 0.114. The minimum Gasteiger partial charge on any atom is -0.492 e. The summed E-state index contributed by atoms with van der Waals surface area (Å²) in [6.07, 6.45) is 0.950. The first kappa shape index (κ1) is 18.7. The smallest absolute Gasteiger partial charge is 0.246 e. The Bertz CT molecular complexity index is 616. The highest BCUT2D eigenvalue weighted by atomic mass is 32.2. The third-order valence-corrected chi connectivity index (χ3v) is 4.88. The van der Waals surface area contributed by atoms with Gasteiger partial charge in [0.05, 0.1) is 6.61 Å². The monoisotopic (exact) mass is 345 g/mol. The van der Waals surface area contributed by atoms with Gasteiger partial charge >= 0.3 is 0 Å². The third-order valence-electron chi connectivity index (χ3n) is 2.80. The maximum atomic E-state index is 12.4. The largest absolute Gasteiger partial charge is 0.492 e. The molecule has 0 bridgehead atoms. The van der Waals surface area contributed by atoms with Crippen LogP contribution in [0.5, 0.6) is 5.75 Å². The van der Waals surface area contributed by atoms with Crippen LogP contribution < -0.4 is 15.4 Å². The number of benzene rings is 1. The highest BCUT2D eigenvalue weighted by molar-refractivity contribution is 7.89. The predicted molar refractivity (Wildman–Crippen MR) is 93.0 cm³/mol. The zero-order valence-corrected chi connectivity index (χ0v) is 15.0. The van der Waals surface area contributed by atoms with E-state index < -0.39 is 10.0 Å². The fourth-order valence-electron chi connectivity index (χ4n) is 1.67. The summed E-state index contributed by atoms with van der Waals surface area (Å²) in [6.45, 7) is 4.99. The number of thiocarbonyl (C=S) groups is 1. The number of ether oxygens (including phenoxy) is 1. The van der Waals surface area contributed by atoms with Crippen LogP contribution in [0, 0.1) is 0 Å². The number of nitrogens with zero attached hydrogens (tertiary/aromatic N) is 1. The normalized spacial score (nSPS) is 11.3. The SMILES string of the molecule is CCCNC(=S)Nc1ccc(OCC)c(S(=O)(=O)N(C)C)c1. The lowest BCUT2D eigenvalue weighted by Gasteiger charge is -2.17. The molecule has 0 radical (unpaired) electrons. The van der Waals surface area contributed by atoms with Gasteiger partial charge in [-0.25, -0.2) is 12.7 Å². The van der Waals surface area contributed by atoms with Gasteiger partial charge in [-0.05, 0) is 43.8 Å². The molecule has 6 nitrogen and oxygen atoms in total. The molecule has 0 unspecified atom stereocenters. The van der Waals surface area contributed by atoms with E-state index in [-0.39, 0.29) is 4.90 Å². The molecule has 8 heteroatoms. The van der Waals surface area contributed by atoms with Gasteiger partial charge in [0.15, 0.2) is 5.11 Å². The van der Waals surface area contributed by atoms with Gasteiger partial charge in [-0.15, -0.1) is 0 Å². The van der Waals surface area contributed by atoms with Gasteiger partial charge in [0.1, 0.15) is 10.6 Å². The Morgan fingerprint density at radius 3 is 2.55 bits per heavy atom. The number of rotatable bonds is 7. The van der Waals surface area contributed by atoms with Gasteiger partial charge in [0, 0.05) is 26.3 Å². The molecule has 0 aromatic heterocycles. The first-order chi connectivity index (χ1) is 10.3. The molecule has 0 heterocycles. The molecule has 0 atom stereocenters. The van der Waals surface area contributed by atoms with E-state index in [2.05, 4.69) is 10.6 Å². The molecule has 124 valence electrons. The second kappa shape index (κ2) is 8.30. The first-order valence-corrected chi connectivity index (χ1v) is 8.92. The Morgan fingerprint density at radius 2 is 2.00 bits per heavy atom. The Morgan fingerprint density at radius 1 is 1.32 bits per heavy atom. The number of hydrogen-bond acceptors (Lipinski definition) is 4. The summed E-state index contributed by atoms with van der Waals surface area (Å²) in [5, 5.41) is 6.47. The first-order valence-electron chi connectivity index (χ1n) is 7.07. The summed E-state index contributed by atoms with van der Waals surface area (Å²) in [6, 6.07) is 4.89. The molecule has 1 aromatic rings. The number of anilines is 1. The van der Waals surface area contributed by atoms with E-state index in [1.807, 2.05) is 13.8 Å². The Hall–Kier alpha value is -1.38. The fraction of sp³-hybridized carbons (Fsp3) is 0.500.